The average Bonchev–Trinajstić information content (AvgIpc) is 2.78. The Morgan fingerprint density at radius 2 is 2.29 bits per heavy atom. The molecule has 96 valence electrons. The van der Waals surface area contributed by atoms with Crippen LogP contribution in [-0.4, -0.2) is 42.7 Å². The van der Waals surface area contributed by atoms with E-state index in [-0.39, 0.29) is 0 Å². The number of hydrogen-bond donors (Lipinski definition) is 1. The number of likely N-dealkylation sites (tertiary alicyclic amines) is 1. The fourth-order valence-corrected chi connectivity index (χ4v) is 3.00. The van der Waals surface area contributed by atoms with Crippen LogP contribution in [0, 0.1) is 0 Å². The minimum absolute atomic E-state index is 0.453. The number of nitrogens with zero attached hydrogens (tertiary/aromatic N) is 2. The zero-order chi connectivity index (χ0) is 12.1. The van der Waals surface area contributed by atoms with Crippen LogP contribution in [0.1, 0.15) is 23.5 Å². The van der Waals surface area contributed by atoms with Crippen LogP contribution in [0.2, 0.25) is 0 Å². The van der Waals surface area contributed by atoms with Gasteiger partial charge in [0.2, 0.25) is 0 Å². The second kappa shape index (κ2) is 6.44. The summed E-state index contributed by atoms with van der Waals surface area (Å²) in [6, 6.07) is 0. The topological polar surface area (TPSA) is 51.4 Å². The van der Waals surface area contributed by atoms with Gasteiger partial charge in [0.25, 0.3) is 0 Å². The lowest BCUT2D eigenvalue weighted by molar-refractivity contribution is 0.0385. The van der Waals surface area contributed by atoms with Crippen LogP contribution in [0.3, 0.4) is 0 Å². The second-order valence-electron chi connectivity index (χ2n) is 4.48. The number of rotatable bonds is 5. The van der Waals surface area contributed by atoms with E-state index in [0.717, 1.165) is 43.9 Å². The molecule has 0 radical (unpaired) electrons. The van der Waals surface area contributed by atoms with E-state index >= 15 is 0 Å². The molecule has 2 N–H and O–H groups in total. The molecule has 1 aliphatic heterocycles. The molecule has 1 fully saturated rings. The van der Waals surface area contributed by atoms with Crippen molar-refractivity contribution < 1.29 is 4.74 Å². The molecule has 0 spiro atoms. The molecule has 0 aliphatic carbocycles. The Hall–Kier alpha value is -0.490. The van der Waals surface area contributed by atoms with Crippen molar-refractivity contribution in [3.8, 4) is 0 Å². The molecule has 0 bridgehead atoms. The Morgan fingerprint density at radius 3 is 2.94 bits per heavy atom. The van der Waals surface area contributed by atoms with Gasteiger partial charge in [0.05, 0.1) is 16.8 Å². The van der Waals surface area contributed by atoms with Gasteiger partial charge in [0.1, 0.15) is 0 Å². The van der Waals surface area contributed by atoms with E-state index in [1.165, 1.54) is 5.69 Å². The van der Waals surface area contributed by atoms with Gasteiger partial charge in [-0.05, 0) is 19.4 Å². The lowest BCUT2D eigenvalue weighted by atomic mass is 10.1. The number of ether oxygens (including phenoxy) is 1. The van der Waals surface area contributed by atoms with Crippen LogP contribution in [-0.2, 0) is 17.7 Å². The lowest BCUT2D eigenvalue weighted by Gasteiger charge is -2.30. The summed E-state index contributed by atoms with van der Waals surface area (Å²) < 4.78 is 5.37. The molecule has 1 aliphatic rings. The molecule has 4 nitrogen and oxygen atoms in total. The van der Waals surface area contributed by atoms with Crippen LogP contribution in [0.4, 0.5) is 0 Å². The molecule has 2 rings (SSSR count). The number of thiazole rings is 1. The highest BCUT2D eigenvalue weighted by molar-refractivity contribution is 7.09. The van der Waals surface area contributed by atoms with Crippen LogP contribution < -0.4 is 5.73 Å². The average molecular weight is 255 g/mol. The first-order valence-corrected chi connectivity index (χ1v) is 7.08. The number of nitrogens with two attached hydrogens (primary N) is 1. The van der Waals surface area contributed by atoms with E-state index in [4.69, 9.17) is 10.5 Å². The first kappa shape index (κ1) is 13.0. The van der Waals surface area contributed by atoms with Gasteiger partial charge in [-0.1, -0.05) is 0 Å². The summed E-state index contributed by atoms with van der Waals surface area (Å²) in [6.45, 7) is 3.88. The molecule has 1 aromatic rings. The van der Waals surface area contributed by atoms with Crippen molar-refractivity contribution in [2.75, 3.05) is 26.7 Å². The van der Waals surface area contributed by atoms with E-state index in [2.05, 4.69) is 15.3 Å². The number of methoxy groups -OCH3 is 1. The Kier molecular flexibility index (Phi) is 4.91. The van der Waals surface area contributed by atoms with E-state index in [9.17, 15) is 0 Å². The molecule has 0 atom stereocenters. The van der Waals surface area contributed by atoms with E-state index in [1.54, 1.807) is 18.4 Å². The van der Waals surface area contributed by atoms with Gasteiger partial charge >= 0.3 is 0 Å². The normalized spacial score (nSPS) is 18.7. The summed E-state index contributed by atoms with van der Waals surface area (Å²) >= 11 is 1.73. The molecule has 1 saturated heterocycles. The van der Waals surface area contributed by atoms with Crippen molar-refractivity contribution >= 4 is 11.3 Å². The zero-order valence-electron chi connectivity index (χ0n) is 10.4. The van der Waals surface area contributed by atoms with Crippen molar-refractivity contribution in [1.82, 2.24) is 9.88 Å². The van der Waals surface area contributed by atoms with Crippen molar-refractivity contribution in [1.29, 1.82) is 0 Å². The Bertz CT molecular complexity index is 334. The van der Waals surface area contributed by atoms with E-state index in [0.29, 0.717) is 12.6 Å². The van der Waals surface area contributed by atoms with Crippen LogP contribution in [0.5, 0.6) is 0 Å². The van der Waals surface area contributed by atoms with Gasteiger partial charge in [-0.2, -0.15) is 0 Å². The summed E-state index contributed by atoms with van der Waals surface area (Å²) in [5.74, 6) is 0. The summed E-state index contributed by atoms with van der Waals surface area (Å²) in [5.41, 5.74) is 6.72. The van der Waals surface area contributed by atoms with Gasteiger partial charge in [0.15, 0.2) is 0 Å². The third-order valence-electron chi connectivity index (χ3n) is 3.21. The molecule has 0 saturated carbocycles. The van der Waals surface area contributed by atoms with E-state index < -0.39 is 0 Å². The first-order valence-electron chi connectivity index (χ1n) is 6.20. The third-order valence-corrected chi connectivity index (χ3v) is 4.17. The fourth-order valence-electron chi connectivity index (χ4n) is 2.19. The summed E-state index contributed by atoms with van der Waals surface area (Å²) in [5, 5.41) is 3.32. The minimum atomic E-state index is 0.453. The second-order valence-corrected chi connectivity index (χ2v) is 5.43. The molecule has 17 heavy (non-hydrogen) atoms. The van der Waals surface area contributed by atoms with Crippen molar-refractivity contribution in [3.63, 3.8) is 0 Å². The van der Waals surface area contributed by atoms with Crippen LogP contribution >= 0.6 is 11.3 Å². The molecule has 0 unspecified atom stereocenters. The number of hydrogen-bond acceptors (Lipinski definition) is 5. The Labute approximate surface area is 107 Å². The quantitative estimate of drug-likeness (QED) is 0.860. The van der Waals surface area contributed by atoms with Gasteiger partial charge in [-0.25, -0.2) is 4.98 Å². The van der Waals surface area contributed by atoms with E-state index in [1.807, 2.05) is 0 Å². The fraction of sp³-hybridized carbons (Fsp3) is 0.750. The molecular formula is C12H21N3OS. The van der Waals surface area contributed by atoms with Gasteiger partial charge < -0.3 is 10.5 Å². The molecular weight excluding hydrogens is 234 g/mol. The molecule has 0 aromatic carbocycles. The summed E-state index contributed by atoms with van der Waals surface area (Å²) in [7, 11) is 1.81. The highest BCUT2D eigenvalue weighted by Gasteiger charge is 2.19. The zero-order valence-corrected chi connectivity index (χ0v) is 11.2. The Balaban J connectivity index is 1.80. The SMILES string of the molecule is COC1CCN(Cc2csc(CCN)n2)CC1. The highest BCUT2D eigenvalue weighted by Crippen LogP contribution is 2.17. The van der Waals surface area contributed by atoms with Crippen molar-refractivity contribution in [2.45, 2.75) is 31.9 Å². The van der Waals surface area contributed by atoms with Crippen molar-refractivity contribution in [3.05, 3.63) is 16.1 Å². The first-order chi connectivity index (χ1) is 8.31. The third kappa shape index (κ3) is 3.74. The van der Waals surface area contributed by atoms with Gasteiger partial charge in [-0.15, -0.1) is 11.3 Å². The highest BCUT2D eigenvalue weighted by atomic mass is 32.1. The predicted molar refractivity (Wildman–Crippen MR) is 70.2 cm³/mol. The van der Waals surface area contributed by atoms with Crippen molar-refractivity contribution in [2.24, 2.45) is 5.73 Å². The monoisotopic (exact) mass is 255 g/mol. The van der Waals surface area contributed by atoms with Crippen LogP contribution in [0.25, 0.3) is 0 Å². The predicted octanol–water partition coefficient (Wildman–Crippen LogP) is 1.26. The standard InChI is InChI=1S/C12H21N3OS/c1-16-11-3-6-15(7-4-11)8-10-9-17-12(14-10)2-5-13/h9,11H,2-8,13H2,1H3. The maximum atomic E-state index is 5.53. The molecule has 0 amide bonds. The lowest BCUT2D eigenvalue weighted by Crippen LogP contribution is -2.36. The number of piperidine rings is 1. The smallest absolute Gasteiger partial charge is 0.0941 e. The maximum Gasteiger partial charge on any atom is 0.0941 e. The maximum absolute atomic E-state index is 5.53. The largest absolute Gasteiger partial charge is 0.381 e. The molecule has 1 aromatic heterocycles. The molecule has 5 heteroatoms. The Morgan fingerprint density at radius 1 is 1.53 bits per heavy atom. The summed E-state index contributed by atoms with van der Waals surface area (Å²) in [6.07, 6.45) is 3.62. The van der Waals surface area contributed by atoms with Gasteiger partial charge in [-0.3, -0.25) is 4.90 Å². The minimum Gasteiger partial charge on any atom is -0.381 e. The molecule has 2 heterocycles. The van der Waals surface area contributed by atoms with Gasteiger partial charge in [0, 0.05) is 38.5 Å². The number of aromatic nitrogens is 1. The summed E-state index contributed by atoms with van der Waals surface area (Å²) in [4.78, 5) is 7.05. The van der Waals surface area contributed by atoms with Crippen LogP contribution in [0.15, 0.2) is 5.38 Å².